The largest absolute Gasteiger partial charge is 0.384 e. The summed E-state index contributed by atoms with van der Waals surface area (Å²) < 4.78 is 0. The average molecular weight is 320 g/mol. The zero-order chi connectivity index (χ0) is 15.1. The molecule has 0 saturated heterocycles. The van der Waals surface area contributed by atoms with E-state index in [4.69, 9.17) is 5.73 Å². The summed E-state index contributed by atoms with van der Waals surface area (Å²) in [6.45, 7) is 2.08. The standard InChI is InChI=1S/C17H21N3O.ClH/c1-13-6-8-14(9-7-13)4-2-3-5-17(21)20-15-10-11-16(18)19-12-15;/h6-12H,2-5H2,1H3,(H2,18,19)(H,20,21);1H. The zero-order valence-corrected chi connectivity index (χ0v) is 13.5. The van der Waals surface area contributed by atoms with Crippen molar-refractivity contribution in [3.8, 4) is 0 Å². The molecule has 0 radical (unpaired) electrons. The van der Waals surface area contributed by atoms with Crippen LogP contribution in [0.3, 0.4) is 0 Å². The maximum absolute atomic E-state index is 11.8. The van der Waals surface area contributed by atoms with Crippen molar-refractivity contribution >= 4 is 29.8 Å². The van der Waals surface area contributed by atoms with Crippen LogP contribution in [0, 0.1) is 6.92 Å². The van der Waals surface area contributed by atoms with Gasteiger partial charge in [0.05, 0.1) is 11.9 Å². The Hall–Kier alpha value is -2.07. The van der Waals surface area contributed by atoms with Crippen LogP contribution in [0.2, 0.25) is 0 Å². The number of aryl methyl sites for hydroxylation is 2. The van der Waals surface area contributed by atoms with E-state index in [1.54, 1.807) is 18.3 Å². The van der Waals surface area contributed by atoms with Gasteiger partial charge in [0.15, 0.2) is 0 Å². The molecule has 0 atom stereocenters. The molecule has 4 nitrogen and oxygen atoms in total. The molecule has 2 rings (SSSR count). The monoisotopic (exact) mass is 319 g/mol. The summed E-state index contributed by atoms with van der Waals surface area (Å²) >= 11 is 0. The number of amides is 1. The third-order valence-electron chi connectivity index (χ3n) is 3.31. The number of hydrogen-bond acceptors (Lipinski definition) is 3. The van der Waals surface area contributed by atoms with Gasteiger partial charge in [0, 0.05) is 6.42 Å². The first-order chi connectivity index (χ1) is 10.1. The number of pyridine rings is 1. The average Bonchev–Trinajstić information content (AvgIpc) is 2.48. The Kier molecular flexibility index (Phi) is 7.40. The van der Waals surface area contributed by atoms with E-state index in [0.29, 0.717) is 17.9 Å². The van der Waals surface area contributed by atoms with Crippen molar-refractivity contribution in [1.82, 2.24) is 4.98 Å². The number of rotatable bonds is 6. The molecule has 5 heteroatoms. The fourth-order valence-electron chi connectivity index (χ4n) is 2.07. The minimum Gasteiger partial charge on any atom is -0.384 e. The number of anilines is 2. The summed E-state index contributed by atoms with van der Waals surface area (Å²) in [4.78, 5) is 15.7. The number of aromatic nitrogens is 1. The van der Waals surface area contributed by atoms with E-state index in [1.165, 1.54) is 11.1 Å². The van der Waals surface area contributed by atoms with E-state index in [1.807, 2.05) is 0 Å². The van der Waals surface area contributed by atoms with E-state index in [9.17, 15) is 4.79 Å². The Balaban J connectivity index is 0.00000242. The molecular weight excluding hydrogens is 298 g/mol. The summed E-state index contributed by atoms with van der Waals surface area (Å²) in [6, 6.07) is 12.0. The second-order valence-corrected chi connectivity index (χ2v) is 5.21. The first-order valence-electron chi connectivity index (χ1n) is 7.20. The van der Waals surface area contributed by atoms with E-state index in [2.05, 4.69) is 41.5 Å². The highest BCUT2D eigenvalue weighted by Gasteiger charge is 2.03. The highest BCUT2D eigenvalue weighted by atomic mass is 35.5. The van der Waals surface area contributed by atoms with Gasteiger partial charge in [-0.05, 0) is 43.9 Å². The van der Waals surface area contributed by atoms with Crippen molar-refractivity contribution in [2.45, 2.75) is 32.6 Å². The molecule has 1 aromatic heterocycles. The SMILES string of the molecule is Cc1ccc(CCCCC(=O)Nc2ccc(N)nc2)cc1.Cl. The van der Waals surface area contributed by atoms with Gasteiger partial charge in [-0.15, -0.1) is 12.4 Å². The topological polar surface area (TPSA) is 68.0 Å². The van der Waals surface area contributed by atoms with Crippen molar-refractivity contribution in [2.24, 2.45) is 0 Å². The van der Waals surface area contributed by atoms with Gasteiger partial charge in [-0.25, -0.2) is 4.98 Å². The molecule has 0 aliphatic heterocycles. The van der Waals surface area contributed by atoms with Crippen molar-refractivity contribution < 1.29 is 4.79 Å². The molecular formula is C17H22ClN3O. The molecule has 0 spiro atoms. The molecule has 0 saturated carbocycles. The number of hydrogen-bond donors (Lipinski definition) is 2. The van der Waals surface area contributed by atoms with Crippen LogP contribution in [0.4, 0.5) is 11.5 Å². The van der Waals surface area contributed by atoms with Crippen LogP contribution in [-0.2, 0) is 11.2 Å². The smallest absolute Gasteiger partial charge is 0.224 e. The van der Waals surface area contributed by atoms with Crippen LogP contribution < -0.4 is 11.1 Å². The molecule has 0 aliphatic carbocycles. The molecule has 0 unspecified atom stereocenters. The lowest BCUT2D eigenvalue weighted by Crippen LogP contribution is -2.11. The lowest BCUT2D eigenvalue weighted by atomic mass is 10.1. The van der Waals surface area contributed by atoms with Crippen molar-refractivity contribution in [2.75, 3.05) is 11.1 Å². The molecule has 22 heavy (non-hydrogen) atoms. The van der Waals surface area contributed by atoms with Crippen LogP contribution in [-0.4, -0.2) is 10.9 Å². The Labute approximate surface area is 137 Å². The molecule has 0 fully saturated rings. The summed E-state index contributed by atoms with van der Waals surface area (Å²) in [5.74, 6) is 0.469. The van der Waals surface area contributed by atoms with E-state index in [-0.39, 0.29) is 18.3 Å². The van der Waals surface area contributed by atoms with E-state index in [0.717, 1.165) is 19.3 Å². The minimum absolute atomic E-state index is 0. The van der Waals surface area contributed by atoms with Gasteiger partial charge in [-0.1, -0.05) is 29.8 Å². The number of halogens is 1. The van der Waals surface area contributed by atoms with E-state index >= 15 is 0 Å². The fraction of sp³-hybridized carbons (Fsp3) is 0.294. The number of nitrogens with zero attached hydrogens (tertiary/aromatic N) is 1. The fourth-order valence-corrected chi connectivity index (χ4v) is 2.07. The summed E-state index contributed by atoms with van der Waals surface area (Å²) in [5, 5.41) is 2.82. The van der Waals surface area contributed by atoms with Crippen molar-refractivity contribution in [3.63, 3.8) is 0 Å². The molecule has 2 aromatic rings. The highest BCUT2D eigenvalue weighted by Crippen LogP contribution is 2.10. The van der Waals surface area contributed by atoms with Gasteiger partial charge >= 0.3 is 0 Å². The maximum atomic E-state index is 11.8. The first kappa shape index (κ1) is 18.0. The number of carbonyl (C=O) groups is 1. The second kappa shape index (κ2) is 9.05. The molecule has 1 heterocycles. The van der Waals surface area contributed by atoms with Crippen LogP contribution in [0.25, 0.3) is 0 Å². The summed E-state index contributed by atoms with van der Waals surface area (Å²) in [5.41, 5.74) is 8.78. The first-order valence-corrected chi connectivity index (χ1v) is 7.20. The van der Waals surface area contributed by atoms with Crippen LogP contribution in [0.15, 0.2) is 42.6 Å². The lowest BCUT2D eigenvalue weighted by Gasteiger charge is -2.05. The molecule has 0 aliphatic rings. The van der Waals surface area contributed by atoms with Gasteiger partial charge in [-0.3, -0.25) is 4.79 Å². The number of benzene rings is 1. The summed E-state index contributed by atoms with van der Waals surface area (Å²) in [6.07, 6.45) is 4.99. The lowest BCUT2D eigenvalue weighted by molar-refractivity contribution is -0.116. The summed E-state index contributed by atoms with van der Waals surface area (Å²) in [7, 11) is 0. The predicted molar refractivity (Wildman–Crippen MR) is 93.3 cm³/mol. The number of nitrogens with two attached hydrogens (primary N) is 1. The number of unbranched alkanes of at least 4 members (excludes halogenated alkanes) is 1. The molecule has 3 N–H and O–H groups in total. The third-order valence-corrected chi connectivity index (χ3v) is 3.31. The normalized spacial score (nSPS) is 9.86. The quantitative estimate of drug-likeness (QED) is 0.797. The van der Waals surface area contributed by atoms with Crippen molar-refractivity contribution in [1.29, 1.82) is 0 Å². The van der Waals surface area contributed by atoms with Crippen molar-refractivity contribution in [3.05, 3.63) is 53.7 Å². The Bertz CT molecular complexity index is 582. The van der Waals surface area contributed by atoms with Crippen LogP contribution >= 0.6 is 12.4 Å². The zero-order valence-electron chi connectivity index (χ0n) is 12.7. The van der Waals surface area contributed by atoms with E-state index < -0.39 is 0 Å². The Morgan fingerprint density at radius 1 is 1.14 bits per heavy atom. The second-order valence-electron chi connectivity index (χ2n) is 5.21. The van der Waals surface area contributed by atoms with Gasteiger partial charge in [0.1, 0.15) is 5.82 Å². The number of nitrogen functional groups attached to an aromatic ring is 1. The molecule has 1 aromatic carbocycles. The van der Waals surface area contributed by atoms with Gasteiger partial charge in [-0.2, -0.15) is 0 Å². The van der Waals surface area contributed by atoms with Gasteiger partial charge in [0.25, 0.3) is 0 Å². The molecule has 0 bridgehead atoms. The Morgan fingerprint density at radius 2 is 1.86 bits per heavy atom. The Morgan fingerprint density at radius 3 is 2.50 bits per heavy atom. The molecule has 1 amide bonds. The third kappa shape index (κ3) is 6.14. The van der Waals surface area contributed by atoms with Gasteiger partial charge < -0.3 is 11.1 Å². The van der Waals surface area contributed by atoms with Crippen LogP contribution in [0.1, 0.15) is 30.4 Å². The van der Waals surface area contributed by atoms with Gasteiger partial charge in [0.2, 0.25) is 5.91 Å². The van der Waals surface area contributed by atoms with Crippen LogP contribution in [0.5, 0.6) is 0 Å². The maximum Gasteiger partial charge on any atom is 0.224 e. The molecule has 118 valence electrons. The highest BCUT2D eigenvalue weighted by molar-refractivity contribution is 5.90. The minimum atomic E-state index is 0. The number of nitrogens with one attached hydrogen (secondary N) is 1. The number of carbonyl (C=O) groups excluding carboxylic acids is 1. The predicted octanol–water partition coefficient (Wildman–Crippen LogP) is 3.75.